The number of benzene rings is 3. The molecule has 1 N–H and O–H groups in total. The monoisotopic (exact) mass is 456 g/mol. The van der Waals surface area contributed by atoms with E-state index in [-0.39, 0.29) is 6.61 Å². The first kappa shape index (κ1) is 22.8. The first-order valence-electron chi connectivity index (χ1n) is 10.7. The van der Waals surface area contributed by atoms with Crippen LogP contribution in [0.4, 0.5) is 0 Å². The number of para-hydroxylation sites is 1. The molecule has 3 aromatic carbocycles. The van der Waals surface area contributed by atoms with Gasteiger partial charge in [-0.3, -0.25) is 4.79 Å². The average Bonchev–Trinajstić information content (AvgIpc) is 2.90. The number of pyridine rings is 1. The Balaban J connectivity index is 1.47. The van der Waals surface area contributed by atoms with Crippen LogP contribution in [0.5, 0.6) is 11.5 Å². The highest BCUT2D eigenvalue weighted by Gasteiger charge is 2.16. The van der Waals surface area contributed by atoms with Gasteiger partial charge in [0.05, 0.1) is 31.0 Å². The third-order valence-corrected chi connectivity index (χ3v) is 5.30. The van der Waals surface area contributed by atoms with E-state index in [4.69, 9.17) is 14.2 Å². The highest BCUT2D eigenvalue weighted by molar-refractivity contribution is 6.05. The molecule has 0 spiro atoms. The molecule has 0 fully saturated rings. The summed E-state index contributed by atoms with van der Waals surface area (Å²) in [6.45, 7) is -0.0658. The van der Waals surface area contributed by atoms with Gasteiger partial charge in [-0.05, 0) is 54.1 Å². The molecule has 7 heteroatoms. The Labute approximate surface area is 197 Å². The van der Waals surface area contributed by atoms with Gasteiger partial charge in [-0.2, -0.15) is 0 Å². The van der Waals surface area contributed by atoms with Crippen LogP contribution in [0.25, 0.3) is 22.2 Å². The smallest absolute Gasteiger partial charge is 0.339 e. The summed E-state index contributed by atoms with van der Waals surface area (Å²) in [5.74, 6) is 0.485. The molecule has 0 saturated carbocycles. The predicted molar refractivity (Wildman–Crippen MR) is 129 cm³/mol. The number of amides is 1. The molecule has 0 aliphatic rings. The Morgan fingerprint density at radius 2 is 1.50 bits per heavy atom. The lowest BCUT2D eigenvalue weighted by Crippen LogP contribution is -2.28. The molecule has 7 nitrogen and oxygen atoms in total. The minimum atomic E-state index is -0.590. The molecule has 1 amide bonds. The zero-order valence-corrected chi connectivity index (χ0v) is 18.9. The van der Waals surface area contributed by atoms with Crippen LogP contribution in [-0.2, 0) is 16.1 Å². The van der Waals surface area contributed by atoms with Crippen LogP contribution in [0.1, 0.15) is 15.9 Å². The van der Waals surface area contributed by atoms with Gasteiger partial charge in [0, 0.05) is 17.5 Å². The molecule has 0 unspecified atom stereocenters. The zero-order valence-electron chi connectivity index (χ0n) is 18.9. The number of aromatic nitrogens is 1. The molecule has 1 aromatic heterocycles. The Bertz CT molecular complexity index is 1300. The van der Waals surface area contributed by atoms with E-state index >= 15 is 0 Å². The van der Waals surface area contributed by atoms with Crippen molar-refractivity contribution in [1.82, 2.24) is 10.3 Å². The number of carbonyl (C=O) groups excluding carboxylic acids is 2. The molecule has 0 aliphatic carbocycles. The zero-order chi connectivity index (χ0) is 23.9. The molecule has 172 valence electrons. The first-order chi connectivity index (χ1) is 16.6. The van der Waals surface area contributed by atoms with Crippen molar-refractivity contribution in [3.8, 4) is 22.8 Å². The molecule has 0 atom stereocenters. The topological polar surface area (TPSA) is 86.8 Å². The second kappa shape index (κ2) is 10.5. The van der Waals surface area contributed by atoms with Gasteiger partial charge in [0.2, 0.25) is 0 Å². The third-order valence-electron chi connectivity index (χ3n) is 5.30. The number of rotatable bonds is 8. The van der Waals surface area contributed by atoms with E-state index in [2.05, 4.69) is 10.3 Å². The number of carbonyl (C=O) groups is 2. The Hall–Kier alpha value is -4.39. The van der Waals surface area contributed by atoms with E-state index in [9.17, 15) is 9.59 Å². The van der Waals surface area contributed by atoms with E-state index in [1.165, 1.54) is 0 Å². The maximum absolute atomic E-state index is 12.9. The fourth-order valence-electron chi connectivity index (χ4n) is 3.46. The number of esters is 1. The summed E-state index contributed by atoms with van der Waals surface area (Å²) in [6.07, 6.45) is 0. The molecule has 0 radical (unpaired) electrons. The fraction of sp³-hybridized carbons (Fsp3) is 0.148. The summed E-state index contributed by atoms with van der Waals surface area (Å²) < 4.78 is 15.7. The quantitative estimate of drug-likeness (QED) is 0.396. The van der Waals surface area contributed by atoms with Crippen LogP contribution in [0.3, 0.4) is 0 Å². The maximum Gasteiger partial charge on any atom is 0.339 e. The third kappa shape index (κ3) is 5.32. The summed E-state index contributed by atoms with van der Waals surface area (Å²) in [7, 11) is 3.20. The number of methoxy groups -OCH3 is 2. The van der Waals surface area contributed by atoms with Crippen LogP contribution in [0.2, 0.25) is 0 Å². The van der Waals surface area contributed by atoms with Crippen LogP contribution in [-0.4, -0.2) is 37.7 Å². The van der Waals surface area contributed by atoms with E-state index in [0.717, 1.165) is 22.6 Å². The standard InChI is InChI=1S/C27H24N2O5/c1-32-20-11-7-18(8-12-20)16-28-26(30)17-34-27(31)23-15-25(19-9-13-21(33-2)14-10-19)29-24-6-4-3-5-22(23)24/h3-15H,16-17H2,1-2H3,(H,28,30). The number of hydrogen-bond donors (Lipinski definition) is 1. The molecular formula is C27H24N2O5. The normalized spacial score (nSPS) is 10.5. The molecule has 0 bridgehead atoms. The van der Waals surface area contributed by atoms with Crippen LogP contribution >= 0.6 is 0 Å². The lowest BCUT2D eigenvalue weighted by molar-refractivity contribution is -0.124. The second-order valence-electron chi connectivity index (χ2n) is 7.50. The largest absolute Gasteiger partial charge is 0.497 e. The van der Waals surface area contributed by atoms with Gasteiger partial charge in [0.25, 0.3) is 5.91 Å². The number of nitrogens with one attached hydrogen (secondary N) is 1. The molecular weight excluding hydrogens is 432 g/mol. The van der Waals surface area contributed by atoms with Gasteiger partial charge < -0.3 is 19.5 Å². The van der Waals surface area contributed by atoms with Gasteiger partial charge in [0.1, 0.15) is 11.5 Å². The molecule has 0 aliphatic heterocycles. The summed E-state index contributed by atoms with van der Waals surface area (Å²) in [5, 5.41) is 3.40. The van der Waals surface area contributed by atoms with E-state index < -0.39 is 11.9 Å². The highest BCUT2D eigenvalue weighted by Crippen LogP contribution is 2.26. The van der Waals surface area contributed by atoms with Crippen molar-refractivity contribution < 1.29 is 23.8 Å². The van der Waals surface area contributed by atoms with E-state index in [0.29, 0.717) is 28.7 Å². The van der Waals surface area contributed by atoms with Crippen LogP contribution < -0.4 is 14.8 Å². The minimum absolute atomic E-state index is 0.320. The molecule has 34 heavy (non-hydrogen) atoms. The highest BCUT2D eigenvalue weighted by atomic mass is 16.5. The van der Waals surface area contributed by atoms with Gasteiger partial charge in [-0.25, -0.2) is 9.78 Å². The SMILES string of the molecule is COc1ccc(CNC(=O)COC(=O)c2cc(-c3ccc(OC)cc3)nc3ccccc23)cc1. The predicted octanol–water partition coefficient (Wildman–Crippen LogP) is 4.39. The van der Waals surface area contributed by atoms with E-state index in [1.807, 2.05) is 66.7 Å². The van der Waals surface area contributed by atoms with Crippen molar-refractivity contribution in [2.75, 3.05) is 20.8 Å². The van der Waals surface area contributed by atoms with Crippen molar-refractivity contribution in [2.45, 2.75) is 6.54 Å². The Kier molecular flexibility index (Phi) is 7.03. The molecule has 4 aromatic rings. The number of nitrogens with zero attached hydrogens (tertiary/aromatic N) is 1. The van der Waals surface area contributed by atoms with Crippen molar-refractivity contribution in [1.29, 1.82) is 0 Å². The second-order valence-corrected chi connectivity index (χ2v) is 7.50. The summed E-state index contributed by atoms with van der Waals surface area (Å²) in [4.78, 5) is 29.9. The summed E-state index contributed by atoms with van der Waals surface area (Å²) in [5.41, 5.74) is 3.37. The van der Waals surface area contributed by atoms with Crippen molar-refractivity contribution >= 4 is 22.8 Å². The molecule has 1 heterocycles. The van der Waals surface area contributed by atoms with Crippen molar-refractivity contribution in [3.63, 3.8) is 0 Å². The van der Waals surface area contributed by atoms with Gasteiger partial charge in [-0.15, -0.1) is 0 Å². The lowest BCUT2D eigenvalue weighted by atomic mass is 10.0. The van der Waals surface area contributed by atoms with Crippen molar-refractivity contribution in [2.24, 2.45) is 0 Å². The number of fused-ring (bicyclic) bond motifs is 1. The lowest BCUT2D eigenvalue weighted by Gasteiger charge is -2.11. The Morgan fingerprint density at radius 3 is 2.18 bits per heavy atom. The van der Waals surface area contributed by atoms with Gasteiger partial charge in [0.15, 0.2) is 6.61 Å². The van der Waals surface area contributed by atoms with Gasteiger partial charge >= 0.3 is 5.97 Å². The van der Waals surface area contributed by atoms with Crippen molar-refractivity contribution in [3.05, 3.63) is 90.0 Å². The Morgan fingerprint density at radius 1 is 0.853 bits per heavy atom. The molecule has 0 saturated heterocycles. The number of hydrogen-bond acceptors (Lipinski definition) is 6. The summed E-state index contributed by atoms with van der Waals surface area (Å²) >= 11 is 0. The number of ether oxygens (including phenoxy) is 3. The fourth-order valence-corrected chi connectivity index (χ4v) is 3.46. The summed E-state index contributed by atoms with van der Waals surface area (Å²) in [6, 6.07) is 23.8. The first-order valence-corrected chi connectivity index (χ1v) is 10.7. The molecule has 4 rings (SSSR count). The van der Waals surface area contributed by atoms with Crippen LogP contribution in [0.15, 0.2) is 78.9 Å². The minimum Gasteiger partial charge on any atom is -0.497 e. The van der Waals surface area contributed by atoms with Gasteiger partial charge in [-0.1, -0.05) is 30.3 Å². The van der Waals surface area contributed by atoms with E-state index in [1.54, 1.807) is 26.4 Å². The maximum atomic E-state index is 12.9. The van der Waals surface area contributed by atoms with Crippen LogP contribution in [0, 0.1) is 0 Å². The average molecular weight is 456 g/mol.